The molecule has 10 heavy (non-hydrogen) atoms. The van der Waals surface area contributed by atoms with Gasteiger partial charge in [-0.3, -0.25) is 0 Å². The molecule has 4 nitrogen and oxygen atoms in total. The Morgan fingerprint density at radius 1 is 1.10 bits per heavy atom. The second-order valence-electron chi connectivity index (χ2n) is 1.98. The molecule has 0 aromatic rings. The Morgan fingerprint density at radius 3 is 1.90 bits per heavy atom. The molecule has 0 bridgehead atoms. The zero-order valence-corrected chi connectivity index (χ0v) is 6.71. The lowest BCUT2D eigenvalue weighted by Crippen LogP contribution is -2.02. The maximum atomic E-state index is 8.33. The lowest BCUT2D eigenvalue weighted by Gasteiger charge is -1.99. The number of unbranched alkanes of at least 4 members (excludes halogenated alkanes) is 2. The molecule has 0 unspecified atom stereocenters. The summed E-state index contributed by atoms with van der Waals surface area (Å²) in [6.07, 6.45) is 2.58. The summed E-state index contributed by atoms with van der Waals surface area (Å²) in [4.78, 5) is 0. The van der Waals surface area contributed by atoms with Gasteiger partial charge in [-0.05, 0) is 12.8 Å². The van der Waals surface area contributed by atoms with Crippen molar-refractivity contribution in [1.82, 2.24) is 12.3 Å². The normalized spacial score (nSPS) is 8.40. The van der Waals surface area contributed by atoms with E-state index in [-0.39, 0.29) is 12.3 Å². The quantitative estimate of drug-likeness (QED) is 0.358. The van der Waals surface area contributed by atoms with E-state index >= 15 is 0 Å². The molecule has 0 aliphatic rings. The van der Waals surface area contributed by atoms with E-state index in [0.717, 1.165) is 19.3 Å². The van der Waals surface area contributed by atoms with Crippen LogP contribution in [0.25, 0.3) is 0 Å². The minimum atomic E-state index is -1.10. The van der Waals surface area contributed by atoms with Crippen LogP contribution >= 0.6 is 0 Å². The van der Waals surface area contributed by atoms with E-state index in [9.17, 15) is 0 Å². The van der Waals surface area contributed by atoms with Gasteiger partial charge in [-0.15, -0.1) is 0 Å². The van der Waals surface area contributed by atoms with Crippen LogP contribution < -0.4 is 12.3 Å². The smallest absolute Gasteiger partial charge is 0.151 e. The molecule has 0 aliphatic heterocycles. The van der Waals surface area contributed by atoms with Gasteiger partial charge in [0.2, 0.25) is 0 Å². The van der Waals surface area contributed by atoms with Crippen LogP contribution in [0, 0.1) is 0 Å². The molecule has 0 rings (SSSR count). The third-order valence-corrected chi connectivity index (χ3v) is 1.07. The molecule has 0 fully saturated rings. The molecule has 0 amide bonds. The van der Waals surface area contributed by atoms with Gasteiger partial charge >= 0.3 is 0 Å². The van der Waals surface area contributed by atoms with Crippen molar-refractivity contribution in [3.63, 3.8) is 0 Å². The molecule has 0 heterocycles. The zero-order valence-electron chi connectivity index (χ0n) is 6.71. The fourth-order valence-electron chi connectivity index (χ4n) is 0.577. The van der Waals surface area contributed by atoms with Gasteiger partial charge in [-0.2, -0.15) is 0 Å². The van der Waals surface area contributed by atoms with Crippen LogP contribution in [-0.2, 0) is 0 Å². The maximum absolute atomic E-state index is 8.33. The fraction of sp³-hybridized carbons (Fsp3) is 1.00. The van der Waals surface area contributed by atoms with Gasteiger partial charge in [0.05, 0.1) is 0 Å². The lowest BCUT2D eigenvalue weighted by atomic mass is 10.2. The Balaban J connectivity index is -0.000000245. The molecule has 0 radical (unpaired) electrons. The Hall–Kier alpha value is -0.160. The second-order valence-corrected chi connectivity index (χ2v) is 1.98. The van der Waals surface area contributed by atoms with E-state index < -0.39 is 6.29 Å². The highest BCUT2D eigenvalue weighted by Gasteiger charge is 1.93. The van der Waals surface area contributed by atoms with Crippen LogP contribution in [0.4, 0.5) is 0 Å². The first kappa shape index (κ1) is 16.4. The topological polar surface area (TPSA) is 110 Å². The number of hydrogen-bond acceptors (Lipinski definition) is 4. The van der Waals surface area contributed by atoms with Crippen molar-refractivity contribution < 1.29 is 10.2 Å². The minimum absolute atomic E-state index is 0. The van der Waals surface area contributed by atoms with Gasteiger partial charge in [0, 0.05) is 0 Å². The van der Waals surface area contributed by atoms with Crippen molar-refractivity contribution in [2.24, 2.45) is 0 Å². The maximum Gasteiger partial charge on any atom is 0.151 e. The van der Waals surface area contributed by atoms with Gasteiger partial charge in [0.15, 0.2) is 6.29 Å². The molecule has 0 aliphatic carbocycles. The van der Waals surface area contributed by atoms with E-state index in [4.69, 9.17) is 10.2 Å². The summed E-state index contributed by atoms with van der Waals surface area (Å²) in [7, 11) is 0. The van der Waals surface area contributed by atoms with E-state index in [0.29, 0.717) is 6.42 Å². The first-order valence-corrected chi connectivity index (χ1v) is 3.13. The minimum Gasteiger partial charge on any atom is -0.368 e. The van der Waals surface area contributed by atoms with Gasteiger partial charge in [0.25, 0.3) is 0 Å². The lowest BCUT2D eigenvalue weighted by molar-refractivity contribution is -0.0465. The summed E-state index contributed by atoms with van der Waals surface area (Å²) in [6, 6.07) is 0. The molecule has 66 valence electrons. The fourth-order valence-corrected chi connectivity index (χ4v) is 0.577. The molecular formula is C6H20N2O2. The molecule has 0 saturated heterocycles. The molecule has 0 saturated carbocycles. The average Bonchev–Trinajstić information content (AvgIpc) is 1.66. The first-order chi connectivity index (χ1) is 3.77. The predicted molar refractivity (Wildman–Crippen MR) is 42.4 cm³/mol. The first-order valence-electron chi connectivity index (χ1n) is 3.13. The molecule has 0 aromatic carbocycles. The monoisotopic (exact) mass is 152 g/mol. The van der Waals surface area contributed by atoms with E-state index in [2.05, 4.69) is 6.92 Å². The Kier molecular flexibility index (Phi) is 19.1. The number of aliphatic hydroxyl groups is 2. The van der Waals surface area contributed by atoms with Crippen LogP contribution in [-0.4, -0.2) is 16.5 Å². The summed E-state index contributed by atoms with van der Waals surface area (Å²) >= 11 is 0. The van der Waals surface area contributed by atoms with Crippen LogP contribution in [0.2, 0.25) is 0 Å². The number of rotatable bonds is 4. The number of hydrogen-bond donors (Lipinski definition) is 4. The average molecular weight is 152 g/mol. The van der Waals surface area contributed by atoms with E-state index in [1.807, 2.05) is 0 Å². The summed E-state index contributed by atoms with van der Waals surface area (Å²) in [5.41, 5.74) is 0. The Bertz CT molecular complexity index is 51.0. The third kappa shape index (κ3) is 15.7. The molecule has 0 spiro atoms. The van der Waals surface area contributed by atoms with Crippen LogP contribution in [0.5, 0.6) is 0 Å². The summed E-state index contributed by atoms with van der Waals surface area (Å²) < 4.78 is 0. The van der Waals surface area contributed by atoms with Gasteiger partial charge in [-0.25, -0.2) is 0 Å². The molecule has 8 N–H and O–H groups in total. The molecule has 0 atom stereocenters. The highest BCUT2D eigenvalue weighted by atomic mass is 16.5. The van der Waals surface area contributed by atoms with Crippen LogP contribution in [0.1, 0.15) is 32.6 Å². The van der Waals surface area contributed by atoms with Crippen molar-refractivity contribution in [2.75, 3.05) is 0 Å². The Labute approximate surface area is 62.4 Å². The van der Waals surface area contributed by atoms with Crippen molar-refractivity contribution in [3.8, 4) is 0 Å². The largest absolute Gasteiger partial charge is 0.368 e. The summed E-state index contributed by atoms with van der Waals surface area (Å²) in [6.45, 7) is 2.09. The van der Waals surface area contributed by atoms with E-state index in [1.54, 1.807) is 0 Å². The van der Waals surface area contributed by atoms with Crippen LogP contribution in [0.3, 0.4) is 0 Å². The highest BCUT2D eigenvalue weighted by molar-refractivity contribution is 4.40. The van der Waals surface area contributed by atoms with Gasteiger partial charge < -0.3 is 22.5 Å². The van der Waals surface area contributed by atoms with Crippen molar-refractivity contribution >= 4 is 0 Å². The van der Waals surface area contributed by atoms with Crippen molar-refractivity contribution in [2.45, 2.75) is 38.9 Å². The summed E-state index contributed by atoms with van der Waals surface area (Å²) in [5, 5.41) is 16.7. The molecular weight excluding hydrogens is 132 g/mol. The molecule has 4 heteroatoms. The SMILES string of the molecule is CCCCCC(O)O.N.N. The highest BCUT2D eigenvalue weighted by Crippen LogP contribution is 1.99. The van der Waals surface area contributed by atoms with Crippen molar-refractivity contribution in [3.05, 3.63) is 0 Å². The van der Waals surface area contributed by atoms with Gasteiger partial charge in [0.1, 0.15) is 0 Å². The van der Waals surface area contributed by atoms with Gasteiger partial charge in [-0.1, -0.05) is 19.8 Å². The van der Waals surface area contributed by atoms with Crippen LogP contribution in [0.15, 0.2) is 0 Å². The van der Waals surface area contributed by atoms with E-state index in [1.165, 1.54) is 0 Å². The summed E-state index contributed by atoms with van der Waals surface area (Å²) in [5.74, 6) is 0. The standard InChI is InChI=1S/C6H14O2.2H3N/c1-2-3-4-5-6(7)8;;/h6-8H,2-5H2,1H3;2*1H3. The number of aliphatic hydroxyl groups excluding tert-OH is 1. The van der Waals surface area contributed by atoms with Crippen molar-refractivity contribution in [1.29, 1.82) is 0 Å². The Morgan fingerprint density at radius 2 is 1.60 bits per heavy atom. The predicted octanol–water partition coefficient (Wildman–Crippen LogP) is 1.20. The third-order valence-electron chi connectivity index (χ3n) is 1.07. The zero-order chi connectivity index (χ0) is 6.41. The molecule has 0 aromatic heterocycles. The second kappa shape index (κ2) is 11.6.